The summed E-state index contributed by atoms with van der Waals surface area (Å²) in [6.45, 7) is 2.45. The van der Waals surface area contributed by atoms with Crippen LogP contribution in [0.4, 0.5) is 5.82 Å². The number of nitrogens with zero attached hydrogens (tertiary/aromatic N) is 3. The van der Waals surface area contributed by atoms with E-state index in [0.29, 0.717) is 23.6 Å². The van der Waals surface area contributed by atoms with Crippen molar-refractivity contribution < 1.29 is 9.21 Å². The zero-order chi connectivity index (χ0) is 20.3. The third kappa shape index (κ3) is 3.64. The fourth-order valence-electron chi connectivity index (χ4n) is 3.87. The second-order valence-electron chi connectivity index (χ2n) is 7.41. The maximum Gasteiger partial charge on any atom is 0.252 e. The van der Waals surface area contributed by atoms with Crippen LogP contribution in [0.15, 0.2) is 71.3 Å². The van der Waals surface area contributed by atoms with Gasteiger partial charge in [0.1, 0.15) is 11.5 Å². The largest absolute Gasteiger partial charge is 0.463 e. The van der Waals surface area contributed by atoms with E-state index in [0.717, 1.165) is 35.5 Å². The second kappa shape index (κ2) is 7.99. The number of anilines is 1. The number of hydrogen-bond acceptors (Lipinski definition) is 5. The fraction of sp³-hybridized carbons (Fsp3) is 0.208. The maximum atomic E-state index is 13.1. The molecule has 0 spiro atoms. The van der Waals surface area contributed by atoms with Crippen molar-refractivity contribution >= 4 is 22.6 Å². The molecule has 3 aromatic heterocycles. The molecule has 1 aliphatic heterocycles. The number of benzene rings is 1. The SMILES string of the molecule is O=C(NCc1cccc(N2CCCC2)n1)c1cc(-c2ccco2)nc2ccccc12. The molecule has 0 aliphatic carbocycles. The average molecular weight is 398 g/mol. The number of nitrogens with one attached hydrogen (secondary N) is 1. The summed E-state index contributed by atoms with van der Waals surface area (Å²) in [5, 5.41) is 3.83. The molecule has 4 heterocycles. The number of amides is 1. The number of pyridine rings is 2. The van der Waals surface area contributed by atoms with Crippen molar-refractivity contribution in [3.63, 3.8) is 0 Å². The Balaban J connectivity index is 1.40. The molecule has 1 saturated heterocycles. The monoisotopic (exact) mass is 398 g/mol. The van der Waals surface area contributed by atoms with E-state index in [2.05, 4.69) is 15.2 Å². The minimum atomic E-state index is -0.158. The highest BCUT2D eigenvalue weighted by atomic mass is 16.3. The summed E-state index contributed by atoms with van der Waals surface area (Å²) in [6.07, 6.45) is 4.01. The average Bonchev–Trinajstić information content (AvgIpc) is 3.51. The number of fused-ring (bicyclic) bond motifs is 1. The van der Waals surface area contributed by atoms with Crippen LogP contribution in [0, 0.1) is 0 Å². The molecule has 0 unspecified atom stereocenters. The van der Waals surface area contributed by atoms with Crippen molar-refractivity contribution in [2.24, 2.45) is 0 Å². The Morgan fingerprint density at radius 2 is 1.87 bits per heavy atom. The molecule has 0 radical (unpaired) electrons. The molecular weight excluding hydrogens is 376 g/mol. The van der Waals surface area contributed by atoms with Gasteiger partial charge in [-0.25, -0.2) is 9.97 Å². The highest BCUT2D eigenvalue weighted by molar-refractivity contribution is 6.07. The Hall–Kier alpha value is -3.67. The Kier molecular flexibility index (Phi) is 4.89. The second-order valence-corrected chi connectivity index (χ2v) is 7.41. The van der Waals surface area contributed by atoms with Crippen LogP contribution < -0.4 is 10.2 Å². The zero-order valence-electron chi connectivity index (χ0n) is 16.5. The summed E-state index contributed by atoms with van der Waals surface area (Å²) >= 11 is 0. The number of hydrogen-bond donors (Lipinski definition) is 1. The van der Waals surface area contributed by atoms with Crippen molar-refractivity contribution in [3.05, 3.63) is 78.2 Å². The summed E-state index contributed by atoms with van der Waals surface area (Å²) < 4.78 is 5.49. The van der Waals surface area contributed by atoms with Crippen LogP contribution in [0.5, 0.6) is 0 Å². The normalized spacial score (nSPS) is 13.7. The number of furan rings is 1. The van der Waals surface area contributed by atoms with Gasteiger partial charge in [0, 0.05) is 18.5 Å². The summed E-state index contributed by atoms with van der Waals surface area (Å²) in [5.74, 6) is 1.46. The van der Waals surface area contributed by atoms with E-state index >= 15 is 0 Å². The van der Waals surface area contributed by atoms with Gasteiger partial charge in [-0.3, -0.25) is 4.79 Å². The molecule has 1 aliphatic rings. The van der Waals surface area contributed by atoms with Gasteiger partial charge in [-0.05, 0) is 49.2 Å². The Morgan fingerprint density at radius 1 is 1.00 bits per heavy atom. The molecule has 0 bridgehead atoms. The number of para-hydroxylation sites is 1. The molecule has 6 nitrogen and oxygen atoms in total. The highest BCUT2D eigenvalue weighted by Crippen LogP contribution is 2.25. The molecule has 1 fully saturated rings. The topological polar surface area (TPSA) is 71.3 Å². The van der Waals surface area contributed by atoms with Gasteiger partial charge in [-0.1, -0.05) is 24.3 Å². The Morgan fingerprint density at radius 3 is 2.70 bits per heavy atom. The van der Waals surface area contributed by atoms with Gasteiger partial charge in [-0.2, -0.15) is 0 Å². The van der Waals surface area contributed by atoms with E-state index in [-0.39, 0.29) is 5.91 Å². The fourth-order valence-corrected chi connectivity index (χ4v) is 3.87. The van der Waals surface area contributed by atoms with Crippen LogP contribution in [-0.2, 0) is 6.54 Å². The van der Waals surface area contributed by atoms with Crippen LogP contribution >= 0.6 is 0 Å². The first kappa shape index (κ1) is 18.4. The van der Waals surface area contributed by atoms with Crippen LogP contribution in [-0.4, -0.2) is 29.0 Å². The van der Waals surface area contributed by atoms with E-state index in [1.165, 1.54) is 12.8 Å². The zero-order valence-corrected chi connectivity index (χ0v) is 16.5. The first-order valence-corrected chi connectivity index (χ1v) is 10.2. The van der Waals surface area contributed by atoms with Crippen molar-refractivity contribution in [3.8, 4) is 11.5 Å². The number of rotatable bonds is 5. The maximum absolute atomic E-state index is 13.1. The molecule has 1 amide bonds. The van der Waals surface area contributed by atoms with Gasteiger partial charge >= 0.3 is 0 Å². The summed E-state index contributed by atoms with van der Waals surface area (Å²) in [7, 11) is 0. The van der Waals surface area contributed by atoms with Crippen molar-refractivity contribution in [2.75, 3.05) is 18.0 Å². The van der Waals surface area contributed by atoms with Crippen LogP contribution in [0.25, 0.3) is 22.4 Å². The number of carbonyl (C=O) groups excluding carboxylic acids is 1. The lowest BCUT2D eigenvalue weighted by atomic mass is 10.1. The molecule has 4 aromatic rings. The molecule has 5 rings (SSSR count). The van der Waals surface area contributed by atoms with Gasteiger partial charge in [0.25, 0.3) is 5.91 Å². The predicted molar refractivity (Wildman–Crippen MR) is 116 cm³/mol. The van der Waals surface area contributed by atoms with Gasteiger partial charge < -0.3 is 14.6 Å². The van der Waals surface area contributed by atoms with Crippen LogP contribution in [0.1, 0.15) is 28.9 Å². The molecule has 0 saturated carbocycles. The third-order valence-corrected chi connectivity index (χ3v) is 5.39. The van der Waals surface area contributed by atoms with Crippen molar-refractivity contribution in [1.29, 1.82) is 0 Å². The molecule has 0 atom stereocenters. The number of carbonyl (C=O) groups is 1. The van der Waals surface area contributed by atoms with Crippen LogP contribution in [0.2, 0.25) is 0 Å². The van der Waals surface area contributed by atoms with E-state index in [4.69, 9.17) is 9.40 Å². The lowest BCUT2D eigenvalue weighted by Crippen LogP contribution is -2.25. The van der Waals surface area contributed by atoms with E-state index < -0.39 is 0 Å². The molecule has 1 N–H and O–H groups in total. The Labute approximate surface area is 174 Å². The van der Waals surface area contributed by atoms with E-state index in [9.17, 15) is 4.79 Å². The standard InChI is InChI=1S/C24H22N4O2/c29-24(25-16-17-7-5-11-23(26-17)28-12-3-4-13-28)19-15-21(22-10-6-14-30-22)27-20-9-2-1-8-18(19)20/h1-2,5-11,14-15H,3-4,12-13,16H2,(H,25,29). The van der Waals surface area contributed by atoms with Crippen molar-refractivity contribution in [1.82, 2.24) is 15.3 Å². The van der Waals surface area contributed by atoms with E-state index in [1.54, 1.807) is 12.3 Å². The molecule has 150 valence electrons. The summed E-state index contributed by atoms with van der Waals surface area (Å²) in [6, 6.07) is 19.0. The van der Waals surface area contributed by atoms with Gasteiger partial charge in [0.15, 0.2) is 5.76 Å². The summed E-state index contributed by atoms with van der Waals surface area (Å²) in [4.78, 5) is 24.7. The van der Waals surface area contributed by atoms with Gasteiger partial charge in [-0.15, -0.1) is 0 Å². The lowest BCUT2D eigenvalue weighted by Gasteiger charge is -2.17. The molecule has 30 heavy (non-hydrogen) atoms. The van der Waals surface area contributed by atoms with Crippen LogP contribution in [0.3, 0.4) is 0 Å². The van der Waals surface area contributed by atoms with Gasteiger partial charge in [0.2, 0.25) is 0 Å². The highest BCUT2D eigenvalue weighted by Gasteiger charge is 2.16. The van der Waals surface area contributed by atoms with Crippen molar-refractivity contribution in [2.45, 2.75) is 19.4 Å². The molecule has 1 aromatic carbocycles. The van der Waals surface area contributed by atoms with E-state index in [1.807, 2.05) is 54.6 Å². The minimum Gasteiger partial charge on any atom is -0.463 e. The molecular formula is C24H22N4O2. The summed E-state index contributed by atoms with van der Waals surface area (Å²) in [5.41, 5.74) is 2.81. The lowest BCUT2D eigenvalue weighted by molar-refractivity contribution is 0.0952. The first-order chi connectivity index (χ1) is 14.8. The third-order valence-electron chi connectivity index (χ3n) is 5.39. The smallest absolute Gasteiger partial charge is 0.252 e. The van der Waals surface area contributed by atoms with Gasteiger partial charge in [0.05, 0.1) is 29.6 Å². The quantitative estimate of drug-likeness (QED) is 0.539. The predicted octanol–water partition coefficient (Wildman–Crippen LogP) is 4.42. The minimum absolute atomic E-state index is 0.158. The Bertz CT molecular complexity index is 1180. The number of aromatic nitrogens is 2. The molecule has 6 heteroatoms. The first-order valence-electron chi connectivity index (χ1n) is 10.2.